The van der Waals surface area contributed by atoms with Crippen molar-refractivity contribution in [2.45, 2.75) is 31.7 Å². The van der Waals surface area contributed by atoms with E-state index in [-0.39, 0.29) is 5.54 Å². The molecule has 2 rings (SSSR count). The molecule has 1 fully saturated rings. The van der Waals surface area contributed by atoms with E-state index in [2.05, 4.69) is 12.2 Å². The fourth-order valence-corrected chi connectivity index (χ4v) is 1.88. The molecule has 1 N–H and O–H groups in total. The Bertz CT molecular complexity index is 263. The molecule has 78 valence electrons. The molecule has 0 aliphatic carbocycles. The van der Waals surface area contributed by atoms with Crippen molar-refractivity contribution in [1.29, 1.82) is 0 Å². The lowest BCUT2D eigenvalue weighted by molar-refractivity contribution is 0.172. The zero-order valence-corrected chi connectivity index (χ0v) is 8.58. The zero-order chi connectivity index (χ0) is 9.86. The van der Waals surface area contributed by atoms with Crippen LogP contribution in [0.3, 0.4) is 0 Å². The van der Waals surface area contributed by atoms with Crippen LogP contribution in [0, 0.1) is 0 Å². The number of furan rings is 1. The summed E-state index contributed by atoms with van der Waals surface area (Å²) in [6.07, 6.45) is 4.90. The summed E-state index contributed by atoms with van der Waals surface area (Å²) in [7, 11) is 0. The third-order valence-electron chi connectivity index (χ3n) is 3.03. The molecule has 1 aromatic rings. The number of aryl methyl sites for hydroxylation is 1. The van der Waals surface area contributed by atoms with Crippen LogP contribution in [0.1, 0.15) is 25.5 Å². The molecule has 0 spiro atoms. The Morgan fingerprint density at radius 3 is 3.07 bits per heavy atom. The monoisotopic (exact) mass is 195 g/mol. The Kier molecular flexibility index (Phi) is 2.89. The first kappa shape index (κ1) is 9.74. The maximum atomic E-state index is 5.38. The molecule has 0 radical (unpaired) electrons. The van der Waals surface area contributed by atoms with E-state index in [1.165, 1.54) is 0 Å². The van der Waals surface area contributed by atoms with Gasteiger partial charge in [-0.3, -0.25) is 5.32 Å². The van der Waals surface area contributed by atoms with Crippen LogP contribution >= 0.6 is 0 Å². The maximum Gasteiger partial charge on any atom is 0.103 e. The van der Waals surface area contributed by atoms with E-state index in [0.29, 0.717) is 6.73 Å². The first-order chi connectivity index (χ1) is 6.85. The van der Waals surface area contributed by atoms with E-state index in [1.54, 1.807) is 6.26 Å². The molecule has 1 saturated heterocycles. The number of hydrogen-bond acceptors (Lipinski definition) is 3. The highest BCUT2D eigenvalue weighted by Gasteiger charge is 2.32. The molecule has 3 nitrogen and oxygen atoms in total. The van der Waals surface area contributed by atoms with Gasteiger partial charge >= 0.3 is 0 Å². The predicted octanol–water partition coefficient (Wildman–Crippen LogP) is 1.94. The summed E-state index contributed by atoms with van der Waals surface area (Å²) in [5, 5.41) is 3.42. The number of hydrogen-bond donors (Lipinski definition) is 1. The largest absolute Gasteiger partial charge is 0.469 e. The van der Waals surface area contributed by atoms with Crippen LogP contribution in [-0.2, 0) is 11.2 Å². The Morgan fingerprint density at radius 1 is 1.57 bits per heavy atom. The Balaban J connectivity index is 1.89. The smallest absolute Gasteiger partial charge is 0.103 e. The highest BCUT2D eigenvalue weighted by atomic mass is 16.5. The molecular formula is C11H17NO2. The van der Waals surface area contributed by atoms with Crippen LogP contribution in [0.4, 0.5) is 0 Å². The van der Waals surface area contributed by atoms with Gasteiger partial charge < -0.3 is 9.15 Å². The van der Waals surface area contributed by atoms with Crippen LogP contribution in [0.25, 0.3) is 0 Å². The summed E-state index contributed by atoms with van der Waals surface area (Å²) in [4.78, 5) is 0. The Morgan fingerprint density at radius 2 is 2.50 bits per heavy atom. The Hall–Kier alpha value is -0.800. The molecule has 0 unspecified atom stereocenters. The van der Waals surface area contributed by atoms with Crippen molar-refractivity contribution < 1.29 is 9.15 Å². The van der Waals surface area contributed by atoms with Crippen molar-refractivity contribution >= 4 is 0 Å². The minimum absolute atomic E-state index is 0.173. The van der Waals surface area contributed by atoms with Gasteiger partial charge in [0.05, 0.1) is 19.6 Å². The fraction of sp³-hybridized carbons (Fsp3) is 0.636. The SMILES string of the molecule is CC[C@@]1(CCc2ccco2)COCN1. The lowest BCUT2D eigenvalue weighted by atomic mass is 9.91. The van der Waals surface area contributed by atoms with Gasteiger partial charge in [-0.1, -0.05) is 6.92 Å². The van der Waals surface area contributed by atoms with Crippen molar-refractivity contribution in [3.05, 3.63) is 24.2 Å². The standard InChI is InChI=1S/C11H17NO2/c1-2-11(8-13-9-12-11)6-5-10-4-3-7-14-10/h3-4,7,12H,2,5-6,8-9H2,1H3/t11-/m1/s1. The van der Waals surface area contributed by atoms with Gasteiger partial charge in [-0.05, 0) is 25.0 Å². The average Bonchev–Trinajstić information content (AvgIpc) is 2.87. The number of nitrogens with one attached hydrogen (secondary N) is 1. The van der Waals surface area contributed by atoms with Gasteiger partial charge in [0.1, 0.15) is 5.76 Å². The van der Waals surface area contributed by atoms with Crippen LogP contribution < -0.4 is 5.32 Å². The van der Waals surface area contributed by atoms with Crippen molar-refractivity contribution in [1.82, 2.24) is 5.32 Å². The van der Waals surface area contributed by atoms with Gasteiger partial charge in [-0.2, -0.15) is 0 Å². The predicted molar refractivity (Wildman–Crippen MR) is 54.0 cm³/mol. The lowest BCUT2D eigenvalue weighted by Crippen LogP contribution is -2.41. The third kappa shape index (κ3) is 1.99. The average molecular weight is 195 g/mol. The van der Waals surface area contributed by atoms with Gasteiger partial charge in [0.2, 0.25) is 0 Å². The molecule has 2 heterocycles. The normalized spacial score (nSPS) is 26.9. The quantitative estimate of drug-likeness (QED) is 0.797. The highest BCUT2D eigenvalue weighted by Crippen LogP contribution is 2.22. The highest BCUT2D eigenvalue weighted by molar-refractivity contribution is 5.01. The lowest BCUT2D eigenvalue weighted by Gasteiger charge is -2.25. The van der Waals surface area contributed by atoms with Crippen molar-refractivity contribution in [2.75, 3.05) is 13.3 Å². The van der Waals surface area contributed by atoms with Crippen molar-refractivity contribution in [2.24, 2.45) is 0 Å². The topological polar surface area (TPSA) is 34.4 Å². The minimum atomic E-state index is 0.173. The fourth-order valence-electron chi connectivity index (χ4n) is 1.88. The summed E-state index contributed by atoms with van der Waals surface area (Å²) in [6, 6.07) is 3.96. The third-order valence-corrected chi connectivity index (χ3v) is 3.03. The van der Waals surface area contributed by atoms with Crippen LogP contribution in [0.2, 0.25) is 0 Å². The molecule has 1 aromatic heterocycles. The van der Waals surface area contributed by atoms with Crippen LogP contribution in [-0.4, -0.2) is 18.9 Å². The van der Waals surface area contributed by atoms with E-state index in [1.807, 2.05) is 12.1 Å². The molecule has 1 atom stereocenters. The van der Waals surface area contributed by atoms with Gasteiger partial charge in [0, 0.05) is 12.0 Å². The van der Waals surface area contributed by atoms with Gasteiger partial charge in [0.25, 0.3) is 0 Å². The second-order valence-corrected chi connectivity index (χ2v) is 3.88. The summed E-state index contributed by atoms with van der Waals surface area (Å²) >= 11 is 0. The molecule has 0 aromatic carbocycles. The van der Waals surface area contributed by atoms with E-state index < -0.39 is 0 Å². The van der Waals surface area contributed by atoms with Gasteiger partial charge in [-0.25, -0.2) is 0 Å². The zero-order valence-electron chi connectivity index (χ0n) is 8.58. The van der Waals surface area contributed by atoms with E-state index in [0.717, 1.165) is 31.6 Å². The van der Waals surface area contributed by atoms with E-state index >= 15 is 0 Å². The summed E-state index contributed by atoms with van der Waals surface area (Å²) in [5.41, 5.74) is 0.173. The summed E-state index contributed by atoms with van der Waals surface area (Å²) in [5.74, 6) is 1.06. The molecule has 0 saturated carbocycles. The molecular weight excluding hydrogens is 178 g/mol. The van der Waals surface area contributed by atoms with Crippen LogP contribution in [0.15, 0.2) is 22.8 Å². The van der Waals surface area contributed by atoms with Crippen molar-refractivity contribution in [3.8, 4) is 0 Å². The second-order valence-electron chi connectivity index (χ2n) is 3.88. The molecule has 3 heteroatoms. The molecule has 1 aliphatic heterocycles. The first-order valence-electron chi connectivity index (χ1n) is 5.20. The Labute approximate surface area is 84.4 Å². The summed E-state index contributed by atoms with van der Waals surface area (Å²) < 4.78 is 10.7. The molecule has 1 aliphatic rings. The van der Waals surface area contributed by atoms with Crippen molar-refractivity contribution in [3.63, 3.8) is 0 Å². The maximum absolute atomic E-state index is 5.38. The first-order valence-corrected chi connectivity index (χ1v) is 5.20. The van der Waals surface area contributed by atoms with Gasteiger partial charge in [-0.15, -0.1) is 0 Å². The minimum Gasteiger partial charge on any atom is -0.469 e. The number of rotatable bonds is 4. The van der Waals surface area contributed by atoms with Gasteiger partial charge in [0.15, 0.2) is 0 Å². The summed E-state index contributed by atoms with van der Waals surface area (Å²) in [6.45, 7) is 3.71. The second kappa shape index (κ2) is 4.15. The van der Waals surface area contributed by atoms with E-state index in [9.17, 15) is 0 Å². The molecule has 0 amide bonds. The van der Waals surface area contributed by atoms with E-state index in [4.69, 9.17) is 9.15 Å². The molecule has 14 heavy (non-hydrogen) atoms. The molecule has 0 bridgehead atoms. The number of ether oxygens (including phenoxy) is 1. The van der Waals surface area contributed by atoms with Crippen LogP contribution in [0.5, 0.6) is 0 Å².